The lowest BCUT2D eigenvalue weighted by molar-refractivity contribution is -0.134. The summed E-state index contributed by atoms with van der Waals surface area (Å²) >= 11 is 0. The number of anilines is 2. The standard InChI is InChI=1S/C41H53N11O6/c1-48-19-20-52(41(48)57)30-3-2-14-51(25-30)34-23-43-36(37(42)54)32(45-34)21-26-4-6-28(7-5-26)29-12-15-49(16-13-29)24-27-10-17-50(18-11-27)40-44-22-33(58-40)39(56)46-31-8-9-35(53)47-38(31)55/h4-7,22-23,27,29-31H,2-3,8-21,24-25H2,1H3,(H2,42,54)(H,46,56)(H,47,53,55)/t30-,31?/m1/s1. The molecule has 4 N–H and O–H groups in total. The number of nitrogens with one attached hydrogen (secondary N) is 2. The number of amides is 6. The van der Waals surface area contributed by atoms with Crippen molar-refractivity contribution in [1.29, 1.82) is 0 Å². The van der Waals surface area contributed by atoms with E-state index >= 15 is 0 Å². The molecule has 0 saturated carbocycles. The normalized spacial score (nSPS) is 22.7. The highest BCUT2D eigenvalue weighted by Gasteiger charge is 2.35. The minimum atomic E-state index is -0.771. The molecular weight excluding hydrogens is 743 g/mol. The van der Waals surface area contributed by atoms with Crippen LogP contribution in [0, 0.1) is 5.92 Å². The van der Waals surface area contributed by atoms with Gasteiger partial charge in [-0.1, -0.05) is 24.3 Å². The summed E-state index contributed by atoms with van der Waals surface area (Å²) in [6.07, 6.45) is 9.99. The maximum atomic E-state index is 12.7. The van der Waals surface area contributed by atoms with Crippen molar-refractivity contribution in [3.63, 3.8) is 0 Å². The Labute approximate surface area is 337 Å². The first-order valence-corrected chi connectivity index (χ1v) is 20.7. The van der Waals surface area contributed by atoms with E-state index in [9.17, 15) is 24.0 Å². The van der Waals surface area contributed by atoms with Crippen LogP contribution in [0.1, 0.15) is 95.1 Å². The molecule has 0 spiro atoms. The van der Waals surface area contributed by atoms with E-state index in [0.29, 0.717) is 42.3 Å². The van der Waals surface area contributed by atoms with Crippen molar-refractivity contribution in [2.45, 2.75) is 75.8 Å². The van der Waals surface area contributed by atoms with E-state index in [1.807, 2.05) is 11.9 Å². The van der Waals surface area contributed by atoms with E-state index in [1.54, 1.807) is 11.1 Å². The van der Waals surface area contributed by atoms with Crippen molar-refractivity contribution in [3.05, 3.63) is 64.9 Å². The number of nitrogens with two attached hydrogens (primary N) is 1. The van der Waals surface area contributed by atoms with Crippen LogP contribution in [0.4, 0.5) is 16.6 Å². The molecule has 5 aliphatic heterocycles. The summed E-state index contributed by atoms with van der Waals surface area (Å²) in [5.41, 5.74) is 8.87. The Hall–Kier alpha value is -5.58. The molecule has 17 heteroatoms. The van der Waals surface area contributed by atoms with Crippen LogP contribution in [0.2, 0.25) is 0 Å². The maximum Gasteiger partial charge on any atom is 0.320 e. The average molecular weight is 796 g/mol. The summed E-state index contributed by atoms with van der Waals surface area (Å²) in [4.78, 5) is 85.4. The monoisotopic (exact) mass is 795 g/mol. The van der Waals surface area contributed by atoms with Crippen LogP contribution in [-0.4, -0.2) is 137 Å². The predicted octanol–water partition coefficient (Wildman–Crippen LogP) is 2.12. The summed E-state index contributed by atoms with van der Waals surface area (Å²) in [6.45, 7) is 7.69. The lowest BCUT2D eigenvalue weighted by Crippen LogP contribution is -2.52. The number of piperidine rings is 4. The van der Waals surface area contributed by atoms with Crippen molar-refractivity contribution in [3.8, 4) is 0 Å². The number of urea groups is 1. The molecule has 5 aliphatic rings. The average Bonchev–Trinajstić information content (AvgIpc) is 3.86. The fourth-order valence-corrected chi connectivity index (χ4v) is 9.12. The van der Waals surface area contributed by atoms with Crippen molar-refractivity contribution in [2.24, 2.45) is 11.7 Å². The predicted molar refractivity (Wildman–Crippen MR) is 213 cm³/mol. The summed E-state index contributed by atoms with van der Waals surface area (Å²) in [5.74, 6) is -0.156. The van der Waals surface area contributed by atoms with Gasteiger partial charge in [-0.3, -0.25) is 24.5 Å². The van der Waals surface area contributed by atoms with Crippen LogP contribution >= 0.6 is 0 Å². The maximum absolute atomic E-state index is 12.7. The van der Waals surface area contributed by atoms with Gasteiger partial charge in [0, 0.05) is 65.7 Å². The number of likely N-dealkylation sites (N-methyl/N-ethyl adjacent to an activating group) is 1. The molecule has 6 amide bonds. The molecule has 5 saturated heterocycles. The van der Waals surface area contributed by atoms with Crippen molar-refractivity contribution in [2.75, 3.05) is 75.8 Å². The highest BCUT2D eigenvalue weighted by Crippen LogP contribution is 2.31. The zero-order valence-electron chi connectivity index (χ0n) is 33.1. The third kappa shape index (κ3) is 8.78. The van der Waals surface area contributed by atoms with Gasteiger partial charge in [0.25, 0.3) is 17.8 Å². The van der Waals surface area contributed by atoms with Crippen molar-refractivity contribution in [1.82, 2.24) is 40.3 Å². The molecule has 17 nitrogen and oxygen atoms in total. The summed E-state index contributed by atoms with van der Waals surface area (Å²) < 4.78 is 5.78. The number of aromatic nitrogens is 3. The molecule has 1 unspecified atom stereocenters. The van der Waals surface area contributed by atoms with Gasteiger partial charge in [0.05, 0.1) is 24.1 Å². The Bertz CT molecular complexity index is 2010. The molecule has 7 heterocycles. The minimum absolute atomic E-state index is 0.0459. The van der Waals surface area contributed by atoms with Gasteiger partial charge in [0.15, 0.2) is 0 Å². The Balaban J connectivity index is 0.794. The Kier molecular flexibility index (Phi) is 11.6. The first kappa shape index (κ1) is 39.3. The molecule has 1 aromatic carbocycles. The molecule has 0 bridgehead atoms. The van der Waals surface area contributed by atoms with Crippen LogP contribution in [0.5, 0.6) is 0 Å². The van der Waals surface area contributed by atoms with Gasteiger partial charge >= 0.3 is 6.03 Å². The van der Waals surface area contributed by atoms with E-state index in [4.69, 9.17) is 15.1 Å². The van der Waals surface area contributed by atoms with Crippen LogP contribution < -0.4 is 26.2 Å². The molecule has 0 radical (unpaired) electrons. The topological polar surface area (TPSA) is 203 Å². The lowest BCUT2D eigenvalue weighted by atomic mass is 9.87. The zero-order valence-corrected chi connectivity index (χ0v) is 33.1. The van der Waals surface area contributed by atoms with Gasteiger partial charge in [-0.15, -0.1) is 0 Å². The third-order valence-electron chi connectivity index (χ3n) is 12.5. The van der Waals surface area contributed by atoms with E-state index in [1.165, 1.54) is 11.8 Å². The Morgan fingerprint density at radius 3 is 2.38 bits per heavy atom. The quantitative estimate of drug-likeness (QED) is 0.239. The highest BCUT2D eigenvalue weighted by molar-refractivity contribution is 6.03. The van der Waals surface area contributed by atoms with Gasteiger partial charge in [-0.05, 0) is 81.0 Å². The number of likely N-dealkylation sites (tertiary alicyclic amines) is 1. The summed E-state index contributed by atoms with van der Waals surface area (Å²) in [5, 5.41) is 4.88. The highest BCUT2D eigenvalue weighted by atomic mass is 16.4. The number of nitrogens with zero attached hydrogens (tertiary/aromatic N) is 8. The second-order valence-corrected chi connectivity index (χ2v) is 16.4. The smallest absolute Gasteiger partial charge is 0.320 e. The van der Waals surface area contributed by atoms with E-state index in [2.05, 4.69) is 59.6 Å². The Morgan fingerprint density at radius 2 is 1.67 bits per heavy atom. The number of hydrogen-bond donors (Lipinski definition) is 3. The number of benzene rings is 1. The molecule has 0 aliphatic carbocycles. The summed E-state index contributed by atoms with van der Waals surface area (Å²) in [6, 6.07) is 8.50. The largest absolute Gasteiger partial charge is 0.418 e. The molecule has 8 rings (SSSR count). The number of primary amides is 1. The molecule has 3 aromatic rings. The van der Waals surface area contributed by atoms with E-state index in [0.717, 1.165) is 96.4 Å². The van der Waals surface area contributed by atoms with Crippen LogP contribution in [-0.2, 0) is 16.0 Å². The van der Waals surface area contributed by atoms with Crippen LogP contribution in [0.25, 0.3) is 0 Å². The second-order valence-electron chi connectivity index (χ2n) is 16.4. The molecule has 308 valence electrons. The Morgan fingerprint density at radius 1 is 0.897 bits per heavy atom. The lowest BCUT2D eigenvalue weighted by Gasteiger charge is -2.37. The summed E-state index contributed by atoms with van der Waals surface area (Å²) in [7, 11) is 1.84. The second kappa shape index (κ2) is 17.1. The number of oxazole rings is 1. The third-order valence-corrected chi connectivity index (χ3v) is 12.5. The minimum Gasteiger partial charge on any atom is -0.418 e. The van der Waals surface area contributed by atoms with Crippen LogP contribution in [0.3, 0.4) is 0 Å². The molecule has 5 fully saturated rings. The number of hydrogen-bond acceptors (Lipinski definition) is 12. The van der Waals surface area contributed by atoms with E-state index in [-0.39, 0.29) is 42.3 Å². The SMILES string of the molecule is CN1CCN([C@@H]2CCCN(c3cnc(C(N)=O)c(Cc4ccc(C5CCN(CC6CCN(c7ncc(C(=O)NC8CCC(=O)NC8=O)o7)CC6)CC5)cc4)n3)C2)C1=O. The number of rotatable bonds is 11. The van der Waals surface area contributed by atoms with Gasteiger partial charge in [-0.25, -0.2) is 19.7 Å². The first-order chi connectivity index (χ1) is 28.1. The van der Waals surface area contributed by atoms with Gasteiger partial charge < -0.3 is 40.0 Å². The zero-order chi connectivity index (χ0) is 40.3. The number of carbonyl (C=O) groups excluding carboxylic acids is 5. The fourth-order valence-electron chi connectivity index (χ4n) is 9.12. The first-order valence-electron chi connectivity index (χ1n) is 20.7. The van der Waals surface area contributed by atoms with Gasteiger partial charge in [0.2, 0.25) is 17.6 Å². The van der Waals surface area contributed by atoms with Crippen molar-refractivity contribution >= 4 is 41.5 Å². The molecule has 2 atom stereocenters. The van der Waals surface area contributed by atoms with E-state index < -0.39 is 23.8 Å². The molecule has 58 heavy (non-hydrogen) atoms. The molecular formula is C41H53N11O6. The van der Waals surface area contributed by atoms with Crippen molar-refractivity contribution < 1.29 is 28.4 Å². The molecule has 2 aromatic heterocycles. The number of imide groups is 1. The van der Waals surface area contributed by atoms with Crippen LogP contribution in [0.15, 0.2) is 41.1 Å². The van der Waals surface area contributed by atoms with Gasteiger partial charge in [0.1, 0.15) is 17.6 Å². The van der Waals surface area contributed by atoms with Gasteiger partial charge in [-0.2, -0.15) is 0 Å². The fraction of sp³-hybridized carbons (Fsp3) is 0.561. The number of carbonyl (C=O) groups is 5.